The van der Waals surface area contributed by atoms with Gasteiger partial charge in [-0.2, -0.15) is 0 Å². The molecule has 4 rings (SSSR count). The van der Waals surface area contributed by atoms with Gasteiger partial charge in [-0.1, -0.05) is 6.07 Å². The van der Waals surface area contributed by atoms with Crippen LogP contribution in [0.5, 0.6) is 0 Å². The molecule has 0 radical (unpaired) electrons. The molecule has 0 amide bonds. The summed E-state index contributed by atoms with van der Waals surface area (Å²) in [7, 11) is 0. The van der Waals surface area contributed by atoms with E-state index in [4.69, 9.17) is 0 Å². The largest absolute Gasteiger partial charge is 0.366 e. The molecule has 132 valence electrons. The van der Waals surface area contributed by atoms with E-state index in [1.54, 1.807) is 18.7 Å². The Morgan fingerprint density at radius 3 is 2.31 bits per heavy atom. The monoisotopic (exact) mass is 347 g/mol. The van der Waals surface area contributed by atoms with E-state index < -0.39 is 0 Å². The predicted octanol–water partition coefficient (Wildman–Crippen LogP) is 2.21. The second kappa shape index (κ2) is 7.77. The van der Waals surface area contributed by atoms with Crippen LogP contribution in [0.25, 0.3) is 0 Å². The van der Waals surface area contributed by atoms with Crippen molar-refractivity contribution >= 4 is 17.5 Å². The maximum atomic E-state index is 4.45. The average Bonchev–Trinajstić information content (AvgIpc) is 2.74. The molecule has 0 spiro atoms. The zero-order chi connectivity index (χ0) is 17.6. The lowest BCUT2D eigenvalue weighted by atomic mass is 10.2. The van der Waals surface area contributed by atoms with Crippen LogP contribution in [0.1, 0.15) is 5.56 Å². The van der Waals surface area contributed by atoms with E-state index in [0.29, 0.717) is 6.54 Å². The van der Waals surface area contributed by atoms with Crippen molar-refractivity contribution in [1.29, 1.82) is 0 Å². The molecule has 0 unspecified atom stereocenters. The van der Waals surface area contributed by atoms with Crippen LogP contribution in [0.15, 0.2) is 61.3 Å². The fourth-order valence-electron chi connectivity index (χ4n) is 3.02. The number of hydrogen-bond donors (Lipinski definition) is 1. The summed E-state index contributed by atoms with van der Waals surface area (Å²) in [4.78, 5) is 21.8. The van der Waals surface area contributed by atoms with Crippen molar-refractivity contribution < 1.29 is 0 Å². The number of nitrogens with one attached hydrogen (secondary N) is 1. The summed E-state index contributed by atoms with van der Waals surface area (Å²) in [6.45, 7) is 4.41. The van der Waals surface area contributed by atoms with Crippen LogP contribution in [-0.2, 0) is 6.54 Å². The van der Waals surface area contributed by atoms with Gasteiger partial charge in [0.25, 0.3) is 0 Å². The normalized spacial score (nSPS) is 14.3. The van der Waals surface area contributed by atoms with E-state index in [-0.39, 0.29) is 0 Å². The van der Waals surface area contributed by atoms with Crippen molar-refractivity contribution in [2.75, 3.05) is 41.3 Å². The lowest BCUT2D eigenvalue weighted by Crippen LogP contribution is -2.47. The van der Waals surface area contributed by atoms with E-state index in [0.717, 1.165) is 43.6 Å². The fourth-order valence-corrected chi connectivity index (χ4v) is 3.02. The topological polar surface area (TPSA) is 70.1 Å². The minimum atomic E-state index is 0.715. The lowest BCUT2D eigenvalue weighted by Gasteiger charge is -2.36. The Hall–Kier alpha value is -3.22. The molecule has 0 atom stereocenters. The molecule has 7 heteroatoms. The average molecular weight is 347 g/mol. The number of pyridine rings is 2. The maximum Gasteiger partial charge on any atom is 0.134 e. The van der Waals surface area contributed by atoms with Gasteiger partial charge in [-0.05, 0) is 29.8 Å². The molecule has 0 bridgehead atoms. The zero-order valence-corrected chi connectivity index (χ0v) is 14.5. The molecule has 4 heterocycles. The maximum absolute atomic E-state index is 4.45. The summed E-state index contributed by atoms with van der Waals surface area (Å²) in [5.74, 6) is 2.83. The fraction of sp³-hybridized carbons (Fsp3) is 0.263. The summed E-state index contributed by atoms with van der Waals surface area (Å²) in [6.07, 6.45) is 7.05. The molecule has 1 N–H and O–H groups in total. The second-order valence-electron chi connectivity index (χ2n) is 6.13. The molecule has 1 aliphatic rings. The molecule has 1 aliphatic heterocycles. The SMILES string of the molecule is c1ccc(N2CCN(c3cc(NCc4ccncc4)ncn3)CC2)nc1. The molecular formula is C19H21N7. The predicted molar refractivity (Wildman–Crippen MR) is 102 cm³/mol. The Balaban J connectivity index is 1.36. The highest BCUT2D eigenvalue weighted by Crippen LogP contribution is 2.19. The Kier molecular flexibility index (Phi) is 4.86. The van der Waals surface area contributed by atoms with E-state index in [1.807, 2.05) is 36.5 Å². The Morgan fingerprint density at radius 2 is 1.58 bits per heavy atom. The van der Waals surface area contributed by atoms with Crippen molar-refractivity contribution in [3.63, 3.8) is 0 Å². The van der Waals surface area contributed by atoms with E-state index in [2.05, 4.69) is 41.1 Å². The smallest absolute Gasteiger partial charge is 0.134 e. The first-order valence-electron chi connectivity index (χ1n) is 8.74. The number of nitrogens with zero attached hydrogens (tertiary/aromatic N) is 6. The Morgan fingerprint density at radius 1 is 0.808 bits per heavy atom. The van der Waals surface area contributed by atoms with Gasteiger partial charge in [0.1, 0.15) is 23.8 Å². The van der Waals surface area contributed by atoms with Crippen LogP contribution in [0, 0.1) is 0 Å². The first-order valence-corrected chi connectivity index (χ1v) is 8.74. The minimum Gasteiger partial charge on any atom is -0.366 e. The molecule has 26 heavy (non-hydrogen) atoms. The molecule has 0 aliphatic carbocycles. The number of rotatable bonds is 5. The van der Waals surface area contributed by atoms with Gasteiger partial charge in [0, 0.05) is 57.4 Å². The molecule has 3 aromatic heterocycles. The van der Waals surface area contributed by atoms with Crippen LogP contribution < -0.4 is 15.1 Å². The summed E-state index contributed by atoms with van der Waals surface area (Å²) in [5.41, 5.74) is 1.17. The standard InChI is InChI=1S/C19H21N7/c1-2-6-21-18(3-1)25-9-11-26(12-10-25)19-13-17(23-15-24-19)22-14-16-4-7-20-8-5-16/h1-8,13,15H,9-12,14H2,(H,22,23,24). The molecule has 1 fully saturated rings. The third-order valence-corrected chi connectivity index (χ3v) is 4.45. The van der Waals surface area contributed by atoms with Crippen molar-refractivity contribution in [2.24, 2.45) is 0 Å². The number of aromatic nitrogens is 4. The quantitative estimate of drug-likeness (QED) is 0.759. The number of hydrogen-bond acceptors (Lipinski definition) is 7. The van der Waals surface area contributed by atoms with Crippen LogP contribution >= 0.6 is 0 Å². The molecule has 0 aromatic carbocycles. The highest BCUT2D eigenvalue weighted by atomic mass is 15.3. The summed E-state index contributed by atoms with van der Waals surface area (Å²) in [6, 6.07) is 12.0. The van der Waals surface area contributed by atoms with Crippen molar-refractivity contribution in [3.05, 3.63) is 66.9 Å². The van der Waals surface area contributed by atoms with Gasteiger partial charge in [0.15, 0.2) is 0 Å². The molecule has 0 saturated carbocycles. The van der Waals surface area contributed by atoms with Crippen molar-refractivity contribution in [2.45, 2.75) is 6.54 Å². The highest BCUT2D eigenvalue weighted by molar-refractivity contribution is 5.50. The van der Waals surface area contributed by atoms with E-state index in [1.165, 1.54) is 5.56 Å². The second-order valence-corrected chi connectivity index (χ2v) is 6.13. The van der Waals surface area contributed by atoms with Crippen LogP contribution in [0.3, 0.4) is 0 Å². The molecule has 1 saturated heterocycles. The number of anilines is 3. The van der Waals surface area contributed by atoms with Crippen molar-refractivity contribution in [1.82, 2.24) is 19.9 Å². The third kappa shape index (κ3) is 3.88. The van der Waals surface area contributed by atoms with E-state index in [9.17, 15) is 0 Å². The van der Waals surface area contributed by atoms with Gasteiger partial charge in [0.05, 0.1) is 0 Å². The van der Waals surface area contributed by atoms with Crippen LogP contribution in [0.2, 0.25) is 0 Å². The van der Waals surface area contributed by atoms with E-state index >= 15 is 0 Å². The van der Waals surface area contributed by atoms with Gasteiger partial charge in [-0.25, -0.2) is 15.0 Å². The van der Waals surface area contributed by atoms with Crippen LogP contribution in [-0.4, -0.2) is 46.1 Å². The van der Waals surface area contributed by atoms with Gasteiger partial charge < -0.3 is 15.1 Å². The zero-order valence-electron chi connectivity index (χ0n) is 14.5. The summed E-state index contributed by atoms with van der Waals surface area (Å²) in [5, 5.41) is 3.35. The minimum absolute atomic E-state index is 0.715. The molecule has 7 nitrogen and oxygen atoms in total. The Bertz CT molecular complexity index is 818. The van der Waals surface area contributed by atoms with Crippen LogP contribution in [0.4, 0.5) is 17.5 Å². The number of piperazine rings is 1. The van der Waals surface area contributed by atoms with Crippen molar-refractivity contribution in [3.8, 4) is 0 Å². The Labute approximate surface area is 152 Å². The third-order valence-electron chi connectivity index (χ3n) is 4.45. The highest BCUT2D eigenvalue weighted by Gasteiger charge is 2.19. The van der Waals surface area contributed by atoms with Gasteiger partial charge in [-0.15, -0.1) is 0 Å². The first kappa shape index (κ1) is 16.3. The van der Waals surface area contributed by atoms with Gasteiger partial charge >= 0.3 is 0 Å². The van der Waals surface area contributed by atoms with Gasteiger partial charge in [0.2, 0.25) is 0 Å². The van der Waals surface area contributed by atoms with Gasteiger partial charge in [-0.3, -0.25) is 4.98 Å². The molecule has 3 aromatic rings. The summed E-state index contributed by atoms with van der Waals surface area (Å²) >= 11 is 0. The molecular weight excluding hydrogens is 326 g/mol. The first-order chi connectivity index (χ1) is 12.9. The lowest BCUT2D eigenvalue weighted by molar-refractivity contribution is 0.641. The summed E-state index contributed by atoms with van der Waals surface area (Å²) < 4.78 is 0.